The van der Waals surface area contributed by atoms with Crippen molar-refractivity contribution in [3.8, 4) is 0 Å². The zero-order valence-corrected chi connectivity index (χ0v) is 62.2. The average molecular weight is 1410 g/mol. The minimum absolute atomic E-state index is 0.0269. The number of hydrogen-bond acceptors (Lipinski definition) is 15. The standard InChI is InChI=1S/C79H128O17P2/c1-5-9-13-17-21-25-29-33-36-40-43-47-51-55-59-63-76(81)89-69-74(95-78(83)65-61-57-53-49-45-39-32-28-24-20-16-12-8-4)71-93-97(85,86)91-67-73(80)68-92-98(87,88)94-72-75(96-79(84)66-62-58-54-50-46-42-38-35-31-27-23-19-15-11-7-3)70-90-77(82)64-60-56-52-48-44-41-37-34-30-26-22-18-14-10-6-2/h9-11,13-15,21-23,25-28,32-38,43-44,46-48,50,73-75,80H,5-8,12,16-20,24,29-31,39-42,45,49,51-72H2,1-4H3,(H,85,86)(H,87,88)/b13-9-,14-10-,15-11-,25-21-,26-22-,27-23-,32-28-,36-33-,37-34-,38-35-,47-43-,48-44-,50-46-. The summed E-state index contributed by atoms with van der Waals surface area (Å²) in [6, 6.07) is 0. The average Bonchev–Trinajstić information content (AvgIpc) is 1.04. The zero-order chi connectivity index (χ0) is 71.8. The molecule has 556 valence electrons. The first kappa shape index (κ1) is 92.7. The van der Waals surface area contributed by atoms with E-state index in [9.17, 15) is 43.2 Å². The second-order valence-corrected chi connectivity index (χ2v) is 26.6. The molecule has 0 radical (unpaired) electrons. The van der Waals surface area contributed by atoms with Crippen molar-refractivity contribution < 1.29 is 80.2 Å². The van der Waals surface area contributed by atoms with E-state index in [4.69, 9.17) is 37.0 Å². The maximum atomic E-state index is 13.1. The smallest absolute Gasteiger partial charge is 0.462 e. The molecule has 0 saturated heterocycles. The summed E-state index contributed by atoms with van der Waals surface area (Å²) in [5.74, 6) is -2.34. The lowest BCUT2D eigenvalue weighted by Gasteiger charge is -2.21. The summed E-state index contributed by atoms with van der Waals surface area (Å²) in [5, 5.41) is 10.6. The van der Waals surface area contributed by atoms with Crippen molar-refractivity contribution in [2.24, 2.45) is 0 Å². The van der Waals surface area contributed by atoms with E-state index in [2.05, 4.69) is 186 Å². The van der Waals surface area contributed by atoms with Crippen molar-refractivity contribution in [2.75, 3.05) is 39.6 Å². The molecule has 5 unspecified atom stereocenters. The number of rotatable bonds is 67. The van der Waals surface area contributed by atoms with Crippen molar-refractivity contribution in [3.05, 3.63) is 158 Å². The summed E-state index contributed by atoms with van der Waals surface area (Å²) >= 11 is 0. The number of phosphoric ester groups is 2. The van der Waals surface area contributed by atoms with E-state index in [-0.39, 0.29) is 25.7 Å². The molecule has 0 bridgehead atoms. The summed E-state index contributed by atoms with van der Waals surface area (Å²) in [5.41, 5.74) is 0. The van der Waals surface area contributed by atoms with Gasteiger partial charge in [-0.3, -0.25) is 37.3 Å². The van der Waals surface area contributed by atoms with Gasteiger partial charge in [-0.15, -0.1) is 0 Å². The molecule has 3 N–H and O–H groups in total. The number of allylic oxidation sites excluding steroid dienone is 26. The van der Waals surface area contributed by atoms with Gasteiger partial charge in [0.25, 0.3) is 0 Å². The number of carbonyl (C=O) groups is 4. The summed E-state index contributed by atoms with van der Waals surface area (Å²) in [7, 11) is -10.00. The van der Waals surface area contributed by atoms with Crippen molar-refractivity contribution in [2.45, 2.75) is 277 Å². The van der Waals surface area contributed by atoms with Crippen LogP contribution in [0.5, 0.6) is 0 Å². The highest BCUT2D eigenvalue weighted by Gasteiger charge is 2.30. The molecule has 0 amide bonds. The SMILES string of the molecule is CC/C=C\C/C=C\C/C=C\C/C=C\CCCCC(=O)OCC(COP(=O)(O)OCC(O)COP(=O)(O)OCC(COC(=O)CCCC/C=C\C/C=C\C/C=C\C/C=C\CC)OC(=O)CCCCCCC/C=C\CCCCCC)OC(=O)CCCC/C=C\C/C=C\C/C=C\C/C=C\CC. The van der Waals surface area contributed by atoms with E-state index in [0.29, 0.717) is 32.1 Å². The first-order chi connectivity index (χ1) is 47.7. The van der Waals surface area contributed by atoms with E-state index in [0.717, 1.165) is 148 Å². The lowest BCUT2D eigenvalue weighted by molar-refractivity contribution is -0.161. The number of unbranched alkanes of at least 4 members (excludes halogenated alkanes) is 15. The Labute approximate surface area is 591 Å². The van der Waals surface area contributed by atoms with Crippen LogP contribution in [0.2, 0.25) is 0 Å². The second-order valence-electron chi connectivity index (χ2n) is 23.7. The third kappa shape index (κ3) is 69.2. The van der Waals surface area contributed by atoms with Crippen LogP contribution >= 0.6 is 15.6 Å². The van der Waals surface area contributed by atoms with Crippen molar-refractivity contribution in [1.29, 1.82) is 0 Å². The molecule has 98 heavy (non-hydrogen) atoms. The van der Waals surface area contributed by atoms with Gasteiger partial charge in [-0.25, -0.2) is 9.13 Å². The molecule has 19 heteroatoms. The van der Waals surface area contributed by atoms with Crippen LogP contribution in [0.3, 0.4) is 0 Å². The van der Waals surface area contributed by atoms with Gasteiger partial charge in [0.1, 0.15) is 19.3 Å². The fraction of sp³-hybridized carbons (Fsp3) is 0.620. The number of aliphatic hydroxyl groups is 1. The molecule has 5 atom stereocenters. The number of ether oxygens (including phenoxy) is 4. The van der Waals surface area contributed by atoms with Gasteiger partial charge in [0.2, 0.25) is 0 Å². The maximum Gasteiger partial charge on any atom is 0.472 e. The van der Waals surface area contributed by atoms with Gasteiger partial charge >= 0.3 is 39.5 Å². The van der Waals surface area contributed by atoms with Crippen molar-refractivity contribution >= 4 is 39.5 Å². The minimum atomic E-state index is -5.00. The Morgan fingerprint density at radius 1 is 0.296 bits per heavy atom. The Bertz CT molecular complexity index is 2480. The van der Waals surface area contributed by atoms with Crippen LogP contribution in [0.25, 0.3) is 0 Å². The topological polar surface area (TPSA) is 237 Å². The summed E-state index contributed by atoms with van der Waals surface area (Å²) in [6.45, 7) is 4.32. The quantitative estimate of drug-likeness (QED) is 0.0169. The van der Waals surface area contributed by atoms with Crippen LogP contribution in [-0.2, 0) is 65.4 Å². The molecule has 0 fully saturated rings. The van der Waals surface area contributed by atoms with Crippen molar-refractivity contribution in [3.63, 3.8) is 0 Å². The fourth-order valence-corrected chi connectivity index (χ4v) is 10.5. The largest absolute Gasteiger partial charge is 0.472 e. The van der Waals surface area contributed by atoms with Gasteiger partial charge in [0.05, 0.1) is 26.4 Å². The Balaban J connectivity index is 5.48. The summed E-state index contributed by atoms with van der Waals surface area (Å²) < 4.78 is 68.2. The van der Waals surface area contributed by atoms with Crippen LogP contribution in [0, 0.1) is 0 Å². The van der Waals surface area contributed by atoms with E-state index >= 15 is 0 Å². The molecule has 17 nitrogen and oxygen atoms in total. The van der Waals surface area contributed by atoms with Gasteiger partial charge in [0, 0.05) is 25.7 Å². The minimum Gasteiger partial charge on any atom is -0.462 e. The maximum absolute atomic E-state index is 13.1. The Morgan fingerprint density at radius 3 is 0.847 bits per heavy atom. The van der Waals surface area contributed by atoms with E-state index in [1.165, 1.54) is 25.7 Å². The Kier molecular flexibility index (Phi) is 66.3. The first-order valence-corrected chi connectivity index (χ1v) is 39.7. The molecule has 0 saturated carbocycles. The molecule has 0 aromatic carbocycles. The third-order valence-corrected chi connectivity index (χ3v) is 16.4. The molecule has 0 heterocycles. The van der Waals surface area contributed by atoms with Gasteiger partial charge < -0.3 is 33.8 Å². The van der Waals surface area contributed by atoms with E-state index in [1.54, 1.807) is 0 Å². The molecule has 0 spiro atoms. The first-order valence-electron chi connectivity index (χ1n) is 36.7. The van der Waals surface area contributed by atoms with Gasteiger partial charge in [-0.1, -0.05) is 224 Å². The molecule has 0 aromatic rings. The lowest BCUT2D eigenvalue weighted by atomic mass is 10.1. The predicted molar refractivity (Wildman–Crippen MR) is 399 cm³/mol. The predicted octanol–water partition coefficient (Wildman–Crippen LogP) is 20.9. The van der Waals surface area contributed by atoms with Crippen LogP contribution in [-0.4, -0.2) is 96.7 Å². The Hall–Kier alpha value is -5.32. The number of phosphoric acid groups is 2. The molecule has 0 rings (SSSR count). The van der Waals surface area contributed by atoms with Crippen molar-refractivity contribution in [1.82, 2.24) is 0 Å². The number of aliphatic hydroxyl groups excluding tert-OH is 1. The van der Waals surface area contributed by atoms with E-state index < -0.39 is 97.5 Å². The normalized spacial score (nSPS) is 14.9. The molecule has 0 aliphatic rings. The fourth-order valence-electron chi connectivity index (χ4n) is 8.95. The second kappa shape index (κ2) is 70.1. The number of carbonyl (C=O) groups excluding carboxylic acids is 4. The van der Waals surface area contributed by atoms with Crippen LogP contribution < -0.4 is 0 Å². The summed E-state index contributed by atoms with van der Waals surface area (Å²) in [4.78, 5) is 72.7. The molecule has 0 aliphatic heterocycles. The lowest BCUT2D eigenvalue weighted by Crippen LogP contribution is -2.30. The van der Waals surface area contributed by atoms with Crippen LogP contribution in [0.4, 0.5) is 0 Å². The zero-order valence-electron chi connectivity index (χ0n) is 60.4. The highest BCUT2D eigenvalue weighted by Crippen LogP contribution is 2.45. The highest BCUT2D eigenvalue weighted by atomic mass is 31.2. The molecule has 0 aromatic heterocycles. The molecular weight excluding hydrogens is 1280 g/mol. The van der Waals surface area contributed by atoms with Gasteiger partial charge in [0.15, 0.2) is 12.2 Å². The van der Waals surface area contributed by atoms with Gasteiger partial charge in [-0.05, 0) is 167 Å². The van der Waals surface area contributed by atoms with Crippen LogP contribution in [0.15, 0.2) is 158 Å². The van der Waals surface area contributed by atoms with E-state index in [1.807, 2.05) is 0 Å². The molecular formula is C79H128O17P2. The molecule has 0 aliphatic carbocycles. The van der Waals surface area contributed by atoms with Gasteiger partial charge in [-0.2, -0.15) is 0 Å². The summed E-state index contributed by atoms with van der Waals surface area (Å²) in [6.07, 6.45) is 79.7. The number of hydrogen-bond donors (Lipinski definition) is 3. The third-order valence-electron chi connectivity index (χ3n) is 14.5. The Morgan fingerprint density at radius 2 is 0.531 bits per heavy atom. The monoisotopic (exact) mass is 1410 g/mol. The number of esters is 4. The highest BCUT2D eigenvalue weighted by molar-refractivity contribution is 7.47. The van der Waals surface area contributed by atoms with Crippen LogP contribution in [0.1, 0.15) is 259 Å².